The van der Waals surface area contributed by atoms with Gasteiger partial charge in [0.05, 0.1) is 18.5 Å². The molecule has 0 N–H and O–H groups in total. The Bertz CT molecular complexity index is 493. The monoisotopic (exact) mass is 231 g/mol. The number of benzene rings is 1. The zero-order valence-corrected chi connectivity index (χ0v) is 9.54. The summed E-state index contributed by atoms with van der Waals surface area (Å²) in [7, 11) is 0. The number of carbonyl (C=O) groups is 1. The van der Waals surface area contributed by atoms with Crippen LogP contribution < -0.4 is 0 Å². The molecule has 0 saturated heterocycles. The van der Waals surface area contributed by atoms with Crippen molar-refractivity contribution in [3.05, 3.63) is 36.5 Å². The summed E-state index contributed by atoms with van der Waals surface area (Å²) in [5.74, 6) is -0.310. The van der Waals surface area contributed by atoms with Gasteiger partial charge in [0.15, 0.2) is 0 Å². The normalized spacial score (nSPS) is 10.2. The van der Waals surface area contributed by atoms with E-state index in [0.717, 1.165) is 11.3 Å². The first-order chi connectivity index (χ1) is 8.31. The van der Waals surface area contributed by atoms with E-state index in [0.29, 0.717) is 6.61 Å². The highest BCUT2D eigenvalue weighted by Crippen LogP contribution is 2.16. The topological polar surface area (TPSA) is 57.0 Å². The summed E-state index contributed by atoms with van der Waals surface area (Å²) in [6, 6.07) is 9.68. The van der Waals surface area contributed by atoms with Crippen LogP contribution in [0.25, 0.3) is 11.3 Å². The molecular formula is C12H13N3O2. The molecular weight excluding hydrogens is 218 g/mol. The molecule has 0 spiro atoms. The van der Waals surface area contributed by atoms with E-state index in [2.05, 4.69) is 10.3 Å². The zero-order valence-electron chi connectivity index (χ0n) is 9.54. The second-order valence-electron chi connectivity index (χ2n) is 3.45. The first-order valence-electron chi connectivity index (χ1n) is 5.40. The maximum Gasteiger partial charge on any atom is 0.327 e. The Balaban J connectivity index is 2.20. The highest BCUT2D eigenvalue weighted by atomic mass is 16.5. The molecule has 5 nitrogen and oxygen atoms in total. The van der Waals surface area contributed by atoms with Crippen molar-refractivity contribution in [2.24, 2.45) is 0 Å². The molecule has 0 atom stereocenters. The SMILES string of the molecule is CCOC(=O)Cn1nncc1-c1ccccc1. The second kappa shape index (κ2) is 5.25. The minimum absolute atomic E-state index is 0.0814. The van der Waals surface area contributed by atoms with Gasteiger partial charge in [0.25, 0.3) is 0 Å². The maximum absolute atomic E-state index is 11.4. The van der Waals surface area contributed by atoms with Crippen molar-refractivity contribution < 1.29 is 9.53 Å². The predicted octanol–water partition coefficient (Wildman–Crippen LogP) is 1.51. The van der Waals surface area contributed by atoms with Gasteiger partial charge in [-0.1, -0.05) is 35.5 Å². The molecule has 0 amide bonds. The Hall–Kier alpha value is -2.17. The van der Waals surface area contributed by atoms with E-state index in [-0.39, 0.29) is 12.5 Å². The number of ether oxygens (including phenoxy) is 1. The standard InChI is InChI=1S/C12H13N3O2/c1-2-17-12(16)9-15-11(8-13-14-15)10-6-4-3-5-7-10/h3-8H,2,9H2,1H3. The van der Waals surface area contributed by atoms with E-state index in [4.69, 9.17) is 4.74 Å². The van der Waals surface area contributed by atoms with Crippen LogP contribution in [0.2, 0.25) is 0 Å². The lowest BCUT2D eigenvalue weighted by Gasteiger charge is -2.05. The summed E-state index contributed by atoms with van der Waals surface area (Å²) < 4.78 is 6.41. The molecule has 88 valence electrons. The number of carbonyl (C=O) groups excluding carboxylic acids is 1. The Labute approximate surface area is 99.0 Å². The number of rotatable bonds is 4. The molecule has 1 aromatic carbocycles. The Morgan fingerprint density at radius 1 is 1.35 bits per heavy atom. The fourth-order valence-corrected chi connectivity index (χ4v) is 1.54. The lowest BCUT2D eigenvalue weighted by Crippen LogP contribution is -2.15. The van der Waals surface area contributed by atoms with Crippen molar-refractivity contribution >= 4 is 5.97 Å². The lowest BCUT2D eigenvalue weighted by molar-refractivity contribution is -0.144. The third-order valence-corrected chi connectivity index (χ3v) is 2.27. The molecule has 1 aromatic heterocycles. The predicted molar refractivity (Wildman–Crippen MR) is 62.1 cm³/mol. The van der Waals surface area contributed by atoms with Crippen molar-refractivity contribution in [3.8, 4) is 11.3 Å². The molecule has 0 radical (unpaired) electrons. The average molecular weight is 231 g/mol. The van der Waals surface area contributed by atoms with Gasteiger partial charge in [0.1, 0.15) is 6.54 Å². The van der Waals surface area contributed by atoms with Gasteiger partial charge >= 0.3 is 5.97 Å². The molecule has 5 heteroatoms. The van der Waals surface area contributed by atoms with Crippen LogP contribution in [0.5, 0.6) is 0 Å². The van der Waals surface area contributed by atoms with E-state index in [1.54, 1.807) is 13.1 Å². The van der Waals surface area contributed by atoms with E-state index in [9.17, 15) is 4.79 Å². The van der Waals surface area contributed by atoms with Crippen LogP contribution in [0.4, 0.5) is 0 Å². The van der Waals surface area contributed by atoms with Gasteiger partial charge in [-0.2, -0.15) is 0 Å². The van der Waals surface area contributed by atoms with Crippen LogP contribution in [0, 0.1) is 0 Å². The van der Waals surface area contributed by atoms with Crippen molar-refractivity contribution in [2.75, 3.05) is 6.61 Å². The van der Waals surface area contributed by atoms with Crippen LogP contribution in [-0.2, 0) is 16.1 Å². The molecule has 0 unspecified atom stereocenters. The minimum atomic E-state index is -0.310. The molecule has 0 aliphatic carbocycles. The Kier molecular flexibility index (Phi) is 3.49. The molecule has 0 aliphatic heterocycles. The summed E-state index contributed by atoms with van der Waals surface area (Å²) in [5.41, 5.74) is 1.78. The van der Waals surface area contributed by atoms with E-state index >= 15 is 0 Å². The van der Waals surface area contributed by atoms with Gasteiger partial charge in [-0.15, -0.1) is 5.10 Å². The first-order valence-corrected chi connectivity index (χ1v) is 5.40. The van der Waals surface area contributed by atoms with Crippen LogP contribution in [0.3, 0.4) is 0 Å². The van der Waals surface area contributed by atoms with Gasteiger partial charge in [0.2, 0.25) is 0 Å². The first kappa shape index (κ1) is 11.3. The molecule has 2 aromatic rings. The maximum atomic E-state index is 11.4. The Morgan fingerprint density at radius 3 is 2.82 bits per heavy atom. The highest BCUT2D eigenvalue weighted by Gasteiger charge is 2.10. The number of hydrogen-bond acceptors (Lipinski definition) is 4. The fourth-order valence-electron chi connectivity index (χ4n) is 1.54. The molecule has 2 rings (SSSR count). The molecule has 1 heterocycles. The Morgan fingerprint density at radius 2 is 2.12 bits per heavy atom. The van der Waals surface area contributed by atoms with Crippen molar-refractivity contribution in [2.45, 2.75) is 13.5 Å². The number of nitrogens with zero attached hydrogens (tertiary/aromatic N) is 3. The molecule has 0 fully saturated rings. The second-order valence-corrected chi connectivity index (χ2v) is 3.45. The third-order valence-electron chi connectivity index (χ3n) is 2.27. The van der Waals surface area contributed by atoms with Gasteiger partial charge in [0, 0.05) is 5.56 Å². The number of aromatic nitrogens is 3. The quantitative estimate of drug-likeness (QED) is 0.748. The summed E-state index contributed by atoms with van der Waals surface area (Å²) >= 11 is 0. The zero-order chi connectivity index (χ0) is 12.1. The van der Waals surface area contributed by atoms with E-state index in [1.165, 1.54) is 4.68 Å². The van der Waals surface area contributed by atoms with E-state index < -0.39 is 0 Å². The summed E-state index contributed by atoms with van der Waals surface area (Å²) in [6.07, 6.45) is 1.63. The summed E-state index contributed by atoms with van der Waals surface area (Å²) in [4.78, 5) is 11.4. The van der Waals surface area contributed by atoms with E-state index in [1.807, 2.05) is 30.3 Å². The summed E-state index contributed by atoms with van der Waals surface area (Å²) in [5, 5.41) is 7.70. The highest BCUT2D eigenvalue weighted by molar-refractivity contribution is 5.70. The minimum Gasteiger partial charge on any atom is -0.465 e. The fraction of sp³-hybridized carbons (Fsp3) is 0.250. The smallest absolute Gasteiger partial charge is 0.327 e. The van der Waals surface area contributed by atoms with Gasteiger partial charge in [-0.25, -0.2) is 4.68 Å². The number of hydrogen-bond donors (Lipinski definition) is 0. The largest absolute Gasteiger partial charge is 0.465 e. The lowest BCUT2D eigenvalue weighted by atomic mass is 10.2. The van der Waals surface area contributed by atoms with Crippen molar-refractivity contribution in [1.82, 2.24) is 15.0 Å². The third kappa shape index (κ3) is 2.69. The van der Waals surface area contributed by atoms with Crippen LogP contribution >= 0.6 is 0 Å². The molecule has 0 saturated carbocycles. The van der Waals surface area contributed by atoms with Crippen LogP contribution in [0.15, 0.2) is 36.5 Å². The molecule has 0 aliphatic rings. The van der Waals surface area contributed by atoms with Gasteiger partial charge in [-0.3, -0.25) is 4.79 Å². The average Bonchev–Trinajstić information content (AvgIpc) is 2.78. The molecule has 0 bridgehead atoms. The van der Waals surface area contributed by atoms with Gasteiger partial charge in [-0.05, 0) is 6.92 Å². The number of esters is 1. The van der Waals surface area contributed by atoms with Crippen molar-refractivity contribution in [1.29, 1.82) is 0 Å². The van der Waals surface area contributed by atoms with Crippen LogP contribution in [0.1, 0.15) is 6.92 Å². The van der Waals surface area contributed by atoms with Gasteiger partial charge < -0.3 is 4.74 Å². The van der Waals surface area contributed by atoms with Crippen molar-refractivity contribution in [3.63, 3.8) is 0 Å². The molecule has 17 heavy (non-hydrogen) atoms. The summed E-state index contributed by atoms with van der Waals surface area (Å²) in [6.45, 7) is 2.23. The van der Waals surface area contributed by atoms with Crippen LogP contribution in [-0.4, -0.2) is 27.6 Å².